The van der Waals surface area contributed by atoms with Gasteiger partial charge in [-0.05, 0) is 25.7 Å². The fourth-order valence-corrected chi connectivity index (χ4v) is 12.4. The van der Waals surface area contributed by atoms with Gasteiger partial charge in [-0.25, -0.2) is 9.13 Å². The van der Waals surface area contributed by atoms with Crippen molar-refractivity contribution in [2.45, 2.75) is 393 Å². The highest BCUT2D eigenvalue weighted by Crippen LogP contribution is 2.45. The molecule has 0 aromatic carbocycles. The molecule has 5 atom stereocenters. The lowest BCUT2D eigenvalue weighted by Crippen LogP contribution is -2.30. The molecule has 0 aliphatic rings. The molecule has 90 heavy (non-hydrogen) atoms. The van der Waals surface area contributed by atoms with E-state index in [0.717, 1.165) is 116 Å². The first-order valence-corrected chi connectivity index (χ1v) is 40.3. The van der Waals surface area contributed by atoms with Crippen molar-refractivity contribution >= 4 is 39.5 Å². The number of aliphatic hydroxyl groups excluding tert-OH is 1. The molecule has 0 heterocycles. The highest BCUT2D eigenvalue weighted by molar-refractivity contribution is 7.47. The van der Waals surface area contributed by atoms with Crippen LogP contribution in [-0.2, 0) is 65.4 Å². The number of ether oxygens (including phenoxy) is 4. The predicted octanol–water partition coefficient (Wildman–Crippen LogP) is 20.7. The Kier molecular flexibility index (Phi) is 64.3. The lowest BCUT2D eigenvalue weighted by atomic mass is 10.0. The molecule has 0 aromatic heterocycles. The Hall–Kier alpha value is -1.94. The van der Waals surface area contributed by atoms with Crippen LogP contribution in [0.4, 0.5) is 0 Å². The number of hydrogen-bond acceptors (Lipinski definition) is 15. The van der Waals surface area contributed by atoms with Gasteiger partial charge in [0.05, 0.1) is 26.4 Å². The standard InChI is InChI=1S/C71H138O17P2/c1-5-9-13-17-21-23-25-27-29-31-32-34-36-38-40-42-46-50-54-58-71(76)88-67(62-82-69(74)56-52-48-45-41-39-37-35-33-30-28-26-24-22-18-14-10-6-2)64-86-90(79,80)84-60-65(72)59-83-89(77,78)85-63-66(87-70(75)57-53-49-44-20-16-12-8-4)61-81-68(73)55-51-47-43-19-15-11-7-3/h65-67,72H,5-64H2,1-4H3,(H,77,78)(H,79,80)/t65-,66+,67+/m0/s1. The summed E-state index contributed by atoms with van der Waals surface area (Å²) in [5, 5.41) is 10.6. The third kappa shape index (κ3) is 64.8. The summed E-state index contributed by atoms with van der Waals surface area (Å²) in [6.45, 7) is 4.87. The van der Waals surface area contributed by atoms with Gasteiger partial charge in [-0.3, -0.25) is 37.3 Å². The molecule has 0 rings (SSSR count). The number of phosphoric acid groups is 2. The Morgan fingerprint density at radius 3 is 0.656 bits per heavy atom. The Morgan fingerprint density at radius 1 is 0.267 bits per heavy atom. The van der Waals surface area contributed by atoms with Crippen molar-refractivity contribution in [3.63, 3.8) is 0 Å². The summed E-state index contributed by atoms with van der Waals surface area (Å²) in [5.74, 6) is -2.13. The molecule has 0 spiro atoms. The van der Waals surface area contributed by atoms with E-state index in [-0.39, 0.29) is 25.7 Å². The average molecular weight is 1330 g/mol. The van der Waals surface area contributed by atoms with E-state index in [4.69, 9.17) is 37.0 Å². The minimum Gasteiger partial charge on any atom is -0.462 e. The van der Waals surface area contributed by atoms with Crippen molar-refractivity contribution in [2.75, 3.05) is 39.6 Å². The van der Waals surface area contributed by atoms with Crippen LogP contribution in [0.1, 0.15) is 374 Å². The van der Waals surface area contributed by atoms with E-state index < -0.39 is 97.5 Å². The van der Waals surface area contributed by atoms with E-state index >= 15 is 0 Å². The number of esters is 4. The van der Waals surface area contributed by atoms with Gasteiger partial charge in [-0.1, -0.05) is 323 Å². The molecule has 0 aromatic rings. The zero-order valence-electron chi connectivity index (χ0n) is 58.1. The number of phosphoric ester groups is 2. The van der Waals surface area contributed by atoms with Crippen LogP contribution < -0.4 is 0 Å². The predicted molar refractivity (Wildman–Crippen MR) is 363 cm³/mol. The quantitative estimate of drug-likeness (QED) is 0.0222. The van der Waals surface area contributed by atoms with Gasteiger partial charge in [0.1, 0.15) is 19.3 Å². The third-order valence-corrected chi connectivity index (χ3v) is 18.5. The normalized spacial score (nSPS) is 14.0. The van der Waals surface area contributed by atoms with Crippen molar-refractivity contribution in [1.29, 1.82) is 0 Å². The fourth-order valence-electron chi connectivity index (χ4n) is 10.9. The largest absolute Gasteiger partial charge is 0.472 e. The first kappa shape index (κ1) is 88.1. The summed E-state index contributed by atoms with van der Waals surface area (Å²) in [4.78, 5) is 72.3. The summed E-state index contributed by atoms with van der Waals surface area (Å²) in [6, 6.07) is 0. The molecule has 0 aliphatic carbocycles. The molecule has 0 aliphatic heterocycles. The number of rotatable bonds is 72. The van der Waals surface area contributed by atoms with Crippen LogP contribution >= 0.6 is 15.6 Å². The third-order valence-electron chi connectivity index (χ3n) is 16.6. The SMILES string of the molecule is CCCCCCCCCCCCCCCCCCCCCC(=O)O[C@H](COC(=O)CCCCCCCCCCCCCCCCCCC)COP(=O)(O)OC[C@@H](O)COP(=O)(O)OC[C@@H](COC(=O)CCCCCCCCC)OC(=O)CCCCCCCCC. The number of hydrogen-bond donors (Lipinski definition) is 3. The summed E-state index contributed by atoms with van der Waals surface area (Å²) in [7, 11) is -9.89. The van der Waals surface area contributed by atoms with E-state index in [9.17, 15) is 43.2 Å². The Bertz CT molecular complexity index is 1720. The lowest BCUT2D eigenvalue weighted by Gasteiger charge is -2.21. The maximum absolute atomic E-state index is 13.0. The van der Waals surface area contributed by atoms with E-state index in [1.54, 1.807) is 0 Å². The van der Waals surface area contributed by atoms with Crippen molar-refractivity contribution < 1.29 is 80.2 Å². The zero-order chi connectivity index (χ0) is 66.1. The molecule has 0 bridgehead atoms. The van der Waals surface area contributed by atoms with Gasteiger partial charge in [-0.15, -0.1) is 0 Å². The monoisotopic (exact) mass is 1320 g/mol. The summed E-state index contributed by atoms with van der Waals surface area (Å²) < 4.78 is 68.1. The minimum absolute atomic E-state index is 0.104. The Labute approximate surface area is 549 Å². The average Bonchev–Trinajstić information content (AvgIpc) is 3.27. The van der Waals surface area contributed by atoms with E-state index in [1.807, 2.05) is 0 Å². The van der Waals surface area contributed by atoms with Crippen LogP contribution in [0, 0.1) is 0 Å². The second-order valence-electron chi connectivity index (χ2n) is 25.6. The summed E-state index contributed by atoms with van der Waals surface area (Å²) >= 11 is 0. The summed E-state index contributed by atoms with van der Waals surface area (Å²) in [5.41, 5.74) is 0. The van der Waals surface area contributed by atoms with Crippen LogP contribution in [0.15, 0.2) is 0 Å². The molecule has 0 saturated carbocycles. The molecule has 3 N–H and O–H groups in total. The van der Waals surface area contributed by atoms with Gasteiger partial charge < -0.3 is 33.8 Å². The highest BCUT2D eigenvalue weighted by atomic mass is 31.2. The molecule has 0 saturated heterocycles. The molecular formula is C71H138O17P2. The van der Waals surface area contributed by atoms with Crippen molar-refractivity contribution in [2.24, 2.45) is 0 Å². The molecule has 0 radical (unpaired) electrons. The second kappa shape index (κ2) is 65.7. The fraction of sp³-hybridized carbons (Fsp3) is 0.944. The maximum atomic E-state index is 13.0. The number of carbonyl (C=O) groups is 4. The van der Waals surface area contributed by atoms with E-state index in [0.29, 0.717) is 25.7 Å². The Balaban J connectivity index is 5.13. The molecule has 17 nitrogen and oxygen atoms in total. The number of unbranched alkanes of at least 4 members (excludes halogenated alkanes) is 46. The van der Waals surface area contributed by atoms with Gasteiger partial charge in [0, 0.05) is 25.7 Å². The van der Waals surface area contributed by atoms with Crippen LogP contribution in [0.25, 0.3) is 0 Å². The molecule has 534 valence electrons. The number of carbonyl (C=O) groups excluding carboxylic acids is 4. The maximum Gasteiger partial charge on any atom is 0.472 e. The molecule has 0 amide bonds. The van der Waals surface area contributed by atoms with Gasteiger partial charge in [0.25, 0.3) is 0 Å². The molecule has 2 unspecified atom stereocenters. The molecule has 19 heteroatoms. The van der Waals surface area contributed by atoms with Crippen LogP contribution in [0.2, 0.25) is 0 Å². The topological polar surface area (TPSA) is 237 Å². The minimum atomic E-state index is -4.95. The lowest BCUT2D eigenvalue weighted by molar-refractivity contribution is -0.161. The smallest absolute Gasteiger partial charge is 0.462 e. The first-order chi connectivity index (χ1) is 43.7. The summed E-state index contributed by atoms with van der Waals surface area (Å²) in [6.07, 6.45) is 54.5. The van der Waals surface area contributed by atoms with E-state index in [2.05, 4.69) is 27.7 Å². The number of aliphatic hydroxyl groups is 1. The van der Waals surface area contributed by atoms with Crippen LogP contribution in [-0.4, -0.2) is 96.7 Å². The van der Waals surface area contributed by atoms with Gasteiger partial charge >= 0.3 is 39.5 Å². The van der Waals surface area contributed by atoms with Gasteiger partial charge in [-0.2, -0.15) is 0 Å². The van der Waals surface area contributed by atoms with Gasteiger partial charge in [0.2, 0.25) is 0 Å². The highest BCUT2D eigenvalue weighted by Gasteiger charge is 2.30. The molecule has 0 fully saturated rings. The second-order valence-corrected chi connectivity index (χ2v) is 28.5. The van der Waals surface area contributed by atoms with Crippen molar-refractivity contribution in [1.82, 2.24) is 0 Å². The van der Waals surface area contributed by atoms with Crippen LogP contribution in [0.3, 0.4) is 0 Å². The zero-order valence-corrected chi connectivity index (χ0v) is 59.9. The van der Waals surface area contributed by atoms with Crippen LogP contribution in [0.5, 0.6) is 0 Å². The van der Waals surface area contributed by atoms with Crippen molar-refractivity contribution in [3.8, 4) is 0 Å². The van der Waals surface area contributed by atoms with Gasteiger partial charge in [0.15, 0.2) is 12.2 Å². The van der Waals surface area contributed by atoms with Crippen molar-refractivity contribution in [3.05, 3.63) is 0 Å². The van der Waals surface area contributed by atoms with E-state index in [1.165, 1.54) is 180 Å². The first-order valence-electron chi connectivity index (χ1n) is 37.3. The molecular weight excluding hydrogens is 1190 g/mol. The Morgan fingerprint density at radius 2 is 0.444 bits per heavy atom.